The fourth-order valence-electron chi connectivity index (χ4n) is 10.1. The predicted octanol–water partition coefficient (Wildman–Crippen LogP) is 15.1. The second-order valence-electron chi connectivity index (χ2n) is 24.2. The molecule has 2 atom stereocenters. The first-order valence-electron chi connectivity index (χ1n) is 28.9. The molecule has 2 amide bonds. The number of carbonyl (C=O) groups is 6. The number of benzene rings is 7. The molecule has 4 heterocycles. The summed E-state index contributed by atoms with van der Waals surface area (Å²) in [7, 11) is 0. The zero-order valence-electron chi connectivity index (χ0n) is 51.5. The van der Waals surface area contributed by atoms with Crippen LogP contribution < -0.4 is 40.4 Å². The van der Waals surface area contributed by atoms with Crippen molar-refractivity contribution in [1.82, 2.24) is 0 Å². The molecule has 7 N–H and O–H groups in total. The molecule has 90 heavy (non-hydrogen) atoms. The number of hydrogen-bond donors (Lipinski definition) is 6. The lowest BCUT2D eigenvalue weighted by Gasteiger charge is -2.41. The van der Waals surface area contributed by atoms with Gasteiger partial charge >= 0.3 is 24.0 Å². The summed E-state index contributed by atoms with van der Waals surface area (Å²) in [5.41, 5.74) is 13.2. The summed E-state index contributed by atoms with van der Waals surface area (Å²) in [5, 5.41) is 35.4. The van der Waals surface area contributed by atoms with E-state index < -0.39 is 41.6 Å². The first-order valence-corrected chi connectivity index (χ1v) is 30.4. The second kappa shape index (κ2) is 29.7. The van der Waals surface area contributed by atoms with E-state index in [0.717, 1.165) is 57.2 Å². The monoisotopic (exact) mass is 1330 g/mol. The Morgan fingerprint density at radius 1 is 0.689 bits per heavy atom. The van der Waals surface area contributed by atoms with E-state index in [0.29, 0.717) is 87.7 Å². The predicted molar refractivity (Wildman–Crippen MR) is 355 cm³/mol. The van der Waals surface area contributed by atoms with Crippen LogP contribution in [0.5, 0.6) is 17.2 Å². The Morgan fingerprint density at radius 3 is 1.86 bits per heavy atom. The number of amides is 2. The summed E-state index contributed by atoms with van der Waals surface area (Å²) in [5.74, 6) is -2.12. The van der Waals surface area contributed by atoms with Crippen molar-refractivity contribution in [2.24, 2.45) is 0 Å². The SMILES string of the molecule is Brc1ccc2c(c1)NCCO2.CC(C)(C)OC(=O)N1CCOc2ccc(C=O)cc21.CC(C)(C)c1ccc(N)cc1Cl.CC(C)(C)c1ccc(N2C(=O)c3ccccc3[C@H](C(=O)O)[C@H]2c2ccc3c(c2)NCCO3)cc1Cl.O=C(O)Cc1ccccc1C(=O)O. The summed E-state index contributed by atoms with van der Waals surface area (Å²) >= 11 is 16.1. The molecule has 11 rings (SSSR count). The minimum Gasteiger partial charge on any atom is -0.490 e. The number of carboxylic acids is 3. The Hall–Kier alpha value is -8.78. The highest BCUT2D eigenvalue weighted by atomic mass is 79.9. The maximum atomic E-state index is 13.9. The molecule has 0 aromatic heterocycles. The molecular weight excluding hydrogens is 1260 g/mol. The zero-order chi connectivity index (χ0) is 65.8. The van der Waals surface area contributed by atoms with Crippen LogP contribution in [-0.4, -0.2) is 96.6 Å². The Kier molecular flexibility index (Phi) is 22.7. The third-order valence-corrected chi connectivity index (χ3v) is 15.4. The first kappa shape index (κ1) is 68.7. The van der Waals surface area contributed by atoms with Crippen molar-refractivity contribution >= 4 is 104 Å². The number of aromatic carboxylic acids is 1. The molecule has 21 heteroatoms. The highest BCUT2D eigenvalue weighted by Crippen LogP contribution is 2.48. The number of hydrogen-bond acceptors (Lipinski definition) is 13. The number of ether oxygens (including phenoxy) is 4. The lowest BCUT2D eigenvalue weighted by atomic mass is 9.79. The van der Waals surface area contributed by atoms with Gasteiger partial charge in [0.05, 0.1) is 41.6 Å². The van der Waals surface area contributed by atoms with Crippen molar-refractivity contribution in [1.29, 1.82) is 0 Å². The molecule has 0 unspecified atom stereocenters. The Bertz CT molecular complexity index is 3790. The summed E-state index contributed by atoms with van der Waals surface area (Å²) in [6.07, 6.45) is 0.0464. The van der Waals surface area contributed by atoms with Gasteiger partial charge in [0.15, 0.2) is 0 Å². The quantitative estimate of drug-likeness (QED) is 0.0640. The molecule has 18 nitrogen and oxygen atoms in total. The molecule has 474 valence electrons. The van der Waals surface area contributed by atoms with Crippen LogP contribution in [-0.2, 0) is 31.6 Å². The molecule has 7 aromatic rings. The number of nitrogens with zero attached hydrogens (tertiary/aromatic N) is 2. The van der Waals surface area contributed by atoms with Gasteiger partial charge in [-0.1, -0.05) is 135 Å². The number of nitrogens with one attached hydrogen (secondary N) is 2. The molecule has 0 aliphatic carbocycles. The Balaban J connectivity index is 0.000000176. The molecule has 0 radical (unpaired) electrons. The van der Waals surface area contributed by atoms with Crippen LogP contribution in [0.1, 0.15) is 133 Å². The second-order valence-corrected chi connectivity index (χ2v) is 26.0. The van der Waals surface area contributed by atoms with Gasteiger partial charge in [-0.05, 0) is 144 Å². The van der Waals surface area contributed by atoms with E-state index >= 15 is 0 Å². The zero-order valence-corrected chi connectivity index (χ0v) is 54.6. The van der Waals surface area contributed by atoms with Crippen LogP contribution in [0, 0.1) is 0 Å². The van der Waals surface area contributed by atoms with Crippen LogP contribution >= 0.6 is 39.1 Å². The van der Waals surface area contributed by atoms with E-state index in [2.05, 4.69) is 68.1 Å². The summed E-state index contributed by atoms with van der Waals surface area (Å²) in [6, 6.07) is 39.9. The van der Waals surface area contributed by atoms with E-state index in [9.17, 15) is 33.9 Å². The average Bonchev–Trinajstić information content (AvgIpc) is 0.744. The lowest BCUT2D eigenvalue weighted by molar-refractivity contribution is -0.139. The van der Waals surface area contributed by atoms with Gasteiger partial charge in [-0.2, -0.15) is 0 Å². The topological polar surface area (TPSA) is 257 Å². The molecular formula is C69H74BrCl2N5O13. The molecule has 0 saturated heterocycles. The van der Waals surface area contributed by atoms with Crippen LogP contribution in [0.25, 0.3) is 0 Å². The van der Waals surface area contributed by atoms with E-state index in [-0.39, 0.29) is 28.7 Å². The van der Waals surface area contributed by atoms with E-state index in [4.69, 9.17) is 58.1 Å². The maximum Gasteiger partial charge on any atom is 0.415 e. The van der Waals surface area contributed by atoms with Gasteiger partial charge in [0.2, 0.25) is 0 Å². The van der Waals surface area contributed by atoms with Crippen LogP contribution in [0.3, 0.4) is 0 Å². The third-order valence-electron chi connectivity index (χ3n) is 14.3. The largest absolute Gasteiger partial charge is 0.490 e. The van der Waals surface area contributed by atoms with E-state index in [1.165, 1.54) is 17.0 Å². The fraction of sp³-hybridized carbons (Fsp3) is 0.304. The molecule has 4 aliphatic rings. The maximum absolute atomic E-state index is 13.9. The number of aliphatic carboxylic acids is 2. The van der Waals surface area contributed by atoms with Crippen molar-refractivity contribution in [3.63, 3.8) is 0 Å². The van der Waals surface area contributed by atoms with E-state index in [1.54, 1.807) is 71.6 Å². The molecule has 7 aromatic carbocycles. The minimum atomic E-state index is -1.10. The first-order chi connectivity index (χ1) is 42.4. The van der Waals surface area contributed by atoms with Crippen molar-refractivity contribution in [2.75, 3.05) is 65.6 Å². The van der Waals surface area contributed by atoms with Crippen molar-refractivity contribution in [3.05, 3.63) is 199 Å². The smallest absolute Gasteiger partial charge is 0.415 e. The van der Waals surface area contributed by atoms with Crippen molar-refractivity contribution in [3.8, 4) is 17.2 Å². The molecule has 0 saturated carbocycles. The number of anilines is 5. The summed E-state index contributed by atoms with van der Waals surface area (Å²) < 4.78 is 23.0. The van der Waals surface area contributed by atoms with Gasteiger partial charge in [0, 0.05) is 50.1 Å². The lowest BCUT2D eigenvalue weighted by Crippen LogP contribution is -2.45. The van der Waals surface area contributed by atoms with Gasteiger partial charge in [-0.3, -0.25) is 29.0 Å². The van der Waals surface area contributed by atoms with Gasteiger partial charge in [0.25, 0.3) is 5.91 Å². The summed E-state index contributed by atoms with van der Waals surface area (Å²) in [4.78, 5) is 73.6. The molecule has 4 aliphatic heterocycles. The van der Waals surface area contributed by atoms with Crippen molar-refractivity contribution in [2.45, 2.75) is 97.1 Å². The van der Waals surface area contributed by atoms with Crippen LogP contribution in [0.4, 0.5) is 33.2 Å². The van der Waals surface area contributed by atoms with E-state index in [1.807, 2.05) is 81.4 Å². The van der Waals surface area contributed by atoms with Crippen LogP contribution in [0.2, 0.25) is 10.0 Å². The highest BCUT2D eigenvalue weighted by Gasteiger charge is 2.45. The molecule has 0 spiro atoms. The minimum absolute atomic E-state index is 0.0462. The van der Waals surface area contributed by atoms with Gasteiger partial charge in [-0.15, -0.1) is 0 Å². The Morgan fingerprint density at radius 2 is 1.27 bits per heavy atom. The number of halogens is 3. The normalized spacial score (nSPS) is 15.3. The number of carbonyl (C=O) groups excluding carboxylic acids is 3. The number of rotatable bonds is 7. The fourth-order valence-corrected chi connectivity index (χ4v) is 11.4. The number of nitrogens with two attached hydrogens (primary N) is 1. The number of carboxylic acid groups (broad SMARTS) is 3. The van der Waals surface area contributed by atoms with Crippen molar-refractivity contribution < 1.29 is 63.0 Å². The standard InChI is InChI=1S/C28H27ClN2O4.C14H17NO4.C10H14ClN.C9H8O4.C8H8BrNO/c1-28(2,3)20-10-9-17(15-21(20)29)31-25(16-8-11-23-22(14-16)30-12-13-35-23)24(27(33)34)18-6-4-5-7-19(18)26(31)32;1-14(2,3)19-13(17)15-6-7-18-12-5-4-10(9-16)8-11(12)15;1-10(2,3)8-5-4-7(12)6-9(8)11;10-8(11)5-6-3-1-2-4-7(6)9(12)13;9-6-1-2-8-7(5-6)10-3-4-11-8/h4-11,14-15,24-25,30H,12-13H2,1-3H3,(H,33,34);4-5,8-9H,6-7H2,1-3H3;4-6H,12H2,1-3H3;1-4H,5H2,(H,10,11)(H,12,13);1-2,5,10H,3-4H2/t24-,25+;;;;/m0..../s1. The third kappa shape index (κ3) is 17.8. The van der Waals surface area contributed by atoms with Gasteiger partial charge in [-0.25, -0.2) is 9.59 Å². The van der Waals surface area contributed by atoms with Gasteiger partial charge in [0.1, 0.15) is 54.9 Å². The van der Waals surface area contributed by atoms with Crippen LogP contribution in [0.15, 0.2) is 144 Å². The number of fused-ring (bicyclic) bond motifs is 4. The Labute approximate surface area is 542 Å². The molecule has 0 fully saturated rings. The molecule has 0 bridgehead atoms. The number of nitrogen functional groups attached to an aromatic ring is 1. The average molecular weight is 1330 g/mol. The highest BCUT2D eigenvalue weighted by molar-refractivity contribution is 9.10. The van der Waals surface area contributed by atoms with Gasteiger partial charge < -0.3 is 50.6 Å². The summed E-state index contributed by atoms with van der Waals surface area (Å²) in [6.45, 7) is 21.7. The number of aldehydes is 1.